The molecule has 0 radical (unpaired) electrons. The van der Waals surface area contributed by atoms with Gasteiger partial charge < -0.3 is 4.90 Å². The normalized spacial score (nSPS) is 14.4. The van der Waals surface area contributed by atoms with Gasteiger partial charge in [-0.05, 0) is 48.6 Å². The zero-order valence-corrected chi connectivity index (χ0v) is 14.1. The summed E-state index contributed by atoms with van der Waals surface area (Å²) in [6.45, 7) is 0.710. The fraction of sp³-hybridized carbons (Fsp3) is 0.278. The molecule has 2 aromatic carbocycles. The number of hydrogen-bond acceptors (Lipinski definition) is 3. The summed E-state index contributed by atoms with van der Waals surface area (Å²) < 4.78 is 22.3. The van der Waals surface area contributed by atoms with Gasteiger partial charge in [-0.3, -0.25) is 4.79 Å². The molecule has 0 atom stereocenters. The summed E-state index contributed by atoms with van der Waals surface area (Å²) in [4.78, 5) is 14.7. The van der Waals surface area contributed by atoms with E-state index in [2.05, 4.69) is 0 Å². The van der Waals surface area contributed by atoms with Gasteiger partial charge in [0.1, 0.15) is 0 Å². The molecule has 1 aliphatic rings. The zero-order chi connectivity index (χ0) is 17.2. The number of benzene rings is 2. The average Bonchev–Trinajstić information content (AvgIpc) is 3.36. The van der Waals surface area contributed by atoms with Crippen molar-refractivity contribution in [3.8, 4) is 0 Å². The van der Waals surface area contributed by atoms with E-state index in [0.717, 1.165) is 18.5 Å². The minimum atomic E-state index is -3.57. The fourth-order valence-corrected chi connectivity index (χ4v) is 3.26. The first-order chi connectivity index (χ1) is 11.4. The molecule has 1 amide bonds. The number of hydrogen-bond donors (Lipinski definition) is 1. The molecule has 0 spiro atoms. The molecule has 0 aromatic heterocycles. The molecule has 24 heavy (non-hydrogen) atoms. The highest BCUT2D eigenvalue weighted by atomic mass is 32.2. The zero-order valence-electron chi connectivity index (χ0n) is 13.3. The van der Waals surface area contributed by atoms with Crippen LogP contribution in [0.2, 0.25) is 0 Å². The molecular formula is C18H20N2O3S. The molecule has 2 aromatic rings. The molecule has 6 heteroatoms. The SMILES string of the molecule is NS(=O)(=O)Cc1ccc(C(=O)N(CC2CC2)c2ccccc2)cc1. The third-order valence-corrected chi connectivity index (χ3v) is 4.76. The van der Waals surface area contributed by atoms with E-state index in [1.165, 1.54) is 0 Å². The van der Waals surface area contributed by atoms with Gasteiger partial charge in [0.25, 0.3) is 5.91 Å². The first kappa shape index (κ1) is 16.7. The van der Waals surface area contributed by atoms with E-state index in [4.69, 9.17) is 5.14 Å². The third kappa shape index (κ3) is 4.43. The molecule has 1 saturated carbocycles. The number of amides is 1. The summed E-state index contributed by atoms with van der Waals surface area (Å²) in [5, 5.41) is 5.05. The van der Waals surface area contributed by atoms with Gasteiger partial charge in [0.15, 0.2) is 0 Å². The standard InChI is InChI=1S/C18H20N2O3S/c19-24(22,23)13-15-8-10-16(11-9-15)18(21)20(12-14-6-7-14)17-4-2-1-3-5-17/h1-5,8-11,14H,6-7,12-13H2,(H2,19,22,23). The molecule has 2 N–H and O–H groups in total. The number of nitrogens with two attached hydrogens (primary N) is 1. The Kier molecular flexibility index (Phi) is 4.69. The van der Waals surface area contributed by atoms with Crippen molar-refractivity contribution in [2.24, 2.45) is 11.1 Å². The maximum atomic E-state index is 12.9. The van der Waals surface area contributed by atoms with Gasteiger partial charge in [-0.25, -0.2) is 13.6 Å². The van der Waals surface area contributed by atoms with Gasteiger partial charge in [-0.2, -0.15) is 0 Å². The van der Waals surface area contributed by atoms with Crippen LogP contribution in [-0.2, 0) is 15.8 Å². The first-order valence-electron chi connectivity index (χ1n) is 7.89. The van der Waals surface area contributed by atoms with Crippen molar-refractivity contribution in [3.63, 3.8) is 0 Å². The second-order valence-electron chi connectivity index (χ2n) is 6.20. The lowest BCUT2D eigenvalue weighted by Gasteiger charge is -2.23. The Morgan fingerprint density at radius 1 is 1.04 bits per heavy atom. The number of primary sulfonamides is 1. The van der Waals surface area contributed by atoms with Crippen LogP contribution in [-0.4, -0.2) is 20.9 Å². The summed E-state index contributed by atoms with van der Waals surface area (Å²) in [6.07, 6.45) is 2.31. The van der Waals surface area contributed by atoms with Crippen LogP contribution in [0.3, 0.4) is 0 Å². The molecule has 1 fully saturated rings. The average molecular weight is 344 g/mol. The van der Waals surface area contributed by atoms with Crippen LogP contribution in [0, 0.1) is 5.92 Å². The Labute approximate surface area is 142 Å². The number of carbonyl (C=O) groups is 1. The quantitative estimate of drug-likeness (QED) is 0.874. The predicted octanol–water partition coefficient (Wildman–Crippen LogP) is 2.53. The van der Waals surface area contributed by atoms with E-state index < -0.39 is 10.0 Å². The highest BCUT2D eigenvalue weighted by molar-refractivity contribution is 7.88. The molecule has 0 unspecified atom stereocenters. The second-order valence-corrected chi connectivity index (χ2v) is 7.81. The summed E-state index contributed by atoms with van der Waals surface area (Å²) >= 11 is 0. The molecule has 0 bridgehead atoms. The van der Waals surface area contributed by atoms with Crippen LogP contribution in [0.15, 0.2) is 54.6 Å². The van der Waals surface area contributed by atoms with E-state index in [-0.39, 0.29) is 11.7 Å². The van der Waals surface area contributed by atoms with E-state index in [9.17, 15) is 13.2 Å². The molecular weight excluding hydrogens is 324 g/mol. The van der Waals surface area contributed by atoms with Crippen LogP contribution < -0.4 is 10.0 Å². The van der Waals surface area contributed by atoms with E-state index in [1.54, 1.807) is 29.2 Å². The van der Waals surface area contributed by atoms with Gasteiger partial charge in [0.05, 0.1) is 5.75 Å². The number of rotatable bonds is 6. The van der Waals surface area contributed by atoms with Gasteiger partial charge in [-0.15, -0.1) is 0 Å². The summed E-state index contributed by atoms with van der Waals surface area (Å²) in [6, 6.07) is 16.2. The Hall–Kier alpha value is -2.18. The van der Waals surface area contributed by atoms with E-state index >= 15 is 0 Å². The summed E-state index contributed by atoms with van der Waals surface area (Å²) in [5.41, 5.74) is 1.99. The van der Waals surface area contributed by atoms with Crippen molar-refractivity contribution >= 4 is 21.6 Å². The van der Waals surface area contributed by atoms with Crippen molar-refractivity contribution in [1.29, 1.82) is 0 Å². The number of para-hydroxylation sites is 1. The van der Waals surface area contributed by atoms with Gasteiger partial charge in [0, 0.05) is 17.8 Å². The number of nitrogens with zero attached hydrogens (tertiary/aromatic N) is 1. The predicted molar refractivity (Wildman–Crippen MR) is 94.1 cm³/mol. The lowest BCUT2D eigenvalue weighted by atomic mass is 10.1. The van der Waals surface area contributed by atoms with Crippen molar-refractivity contribution in [1.82, 2.24) is 0 Å². The highest BCUT2D eigenvalue weighted by Gasteiger charge is 2.28. The van der Waals surface area contributed by atoms with Gasteiger partial charge in [0.2, 0.25) is 10.0 Å². The second kappa shape index (κ2) is 6.75. The fourth-order valence-electron chi connectivity index (χ4n) is 2.60. The third-order valence-electron chi connectivity index (χ3n) is 4.02. The Morgan fingerprint density at radius 3 is 2.21 bits per heavy atom. The number of sulfonamides is 1. The minimum absolute atomic E-state index is 0.0738. The van der Waals surface area contributed by atoms with Crippen LogP contribution in [0.1, 0.15) is 28.8 Å². The Bertz CT molecular complexity index is 813. The molecule has 0 aliphatic heterocycles. The number of anilines is 1. The minimum Gasteiger partial charge on any atom is -0.308 e. The lowest BCUT2D eigenvalue weighted by molar-refractivity contribution is 0.0985. The smallest absolute Gasteiger partial charge is 0.258 e. The van der Waals surface area contributed by atoms with Gasteiger partial charge in [-0.1, -0.05) is 30.3 Å². The molecule has 1 aliphatic carbocycles. The van der Waals surface area contributed by atoms with Crippen molar-refractivity contribution in [3.05, 3.63) is 65.7 Å². The van der Waals surface area contributed by atoms with Crippen molar-refractivity contribution in [2.75, 3.05) is 11.4 Å². The van der Waals surface area contributed by atoms with Crippen molar-refractivity contribution in [2.45, 2.75) is 18.6 Å². The van der Waals surface area contributed by atoms with Crippen LogP contribution in [0.5, 0.6) is 0 Å². The Balaban J connectivity index is 1.81. The van der Waals surface area contributed by atoms with Crippen LogP contribution in [0.4, 0.5) is 5.69 Å². The van der Waals surface area contributed by atoms with E-state index in [0.29, 0.717) is 23.6 Å². The van der Waals surface area contributed by atoms with Crippen LogP contribution in [0.25, 0.3) is 0 Å². The largest absolute Gasteiger partial charge is 0.308 e. The van der Waals surface area contributed by atoms with Gasteiger partial charge >= 0.3 is 0 Å². The monoisotopic (exact) mass is 344 g/mol. The maximum Gasteiger partial charge on any atom is 0.258 e. The molecule has 0 saturated heterocycles. The lowest BCUT2D eigenvalue weighted by Crippen LogP contribution is -2.32. The summed E-state index contributed by atoms with van der Waals surface area (Å²) in [5.74, 6) is 0.262. The van der Waals surface area contributed by atoms with Crippen molar-refractivity contribution < 1.29 is 13.2 Å². The maximum absolute atomic E-state index is 12.9. The summed E-state index contributed by atoms with van der Waals surface area (Å²) in [7, 11) is -3.57. The van der Waals surface area contributed by atoms with Crippen LogP contribution >= 0.6 is 0 Å². The molecule has 5 nitrogen and oxygen atoms in total. The first-order valence-corrected chi connectivity index (χ1v) is 9.60. The molecule has 126 valence electrons. The Morgan fingerprint density at radius 2 is 1.67 bits per heavy atom. The highest BCUT2D eigenvalue weighted by Crippen LogP contribution is 2.32. The molecule has 3 rings (SSSR count). The number of carbonyl (C=O) groups excluding carboxylic acids is 1. The van der Waals surface area contributed by atoms with E-state index in [1.807, 2.05) is 30.3 Å². The topological polar surface area (TPSA) is 80.5 Å². The molecule has 0 heterocycles.